The van der Waals surface area contributed by atoms with E-state index in [1.165, 1.54) is 11.4 Å². The molecular formula is C16H25N4O4S+. The number of carbonyl (C=O) groups is 2. The Morgan fingerprint density at radius 1 is 1.12 bits per heavy atom. The van der Waals surface area contributed by atoms with Crippen LogP contribution in [0.3, 0.4) is 0 Å². The van der Waals surface area contributed by atoms with Crippen molar-refractivity contribution in [2.45, 2.75) is 11.8 Å². The van der Waals surface area contributed by atoms with Crippen molar-refractivity contribution in [3.8, 4) is 0 Å². The summed E-state index contributed by atoms with van der Waals surface area (Å²) in [7, 11) is -1.98. The molecule has 1 saturated heterocycles. The molecule has 2 amide bonds. The lowest BCUT2D eigenvalue weighted by molar-refractivity contribution is -0.895. The highest BCUT2D eigenvalue weighted by atomic mass is 32.2. The van der Waals surface area contributed by atoms with Gasteiger partial charge < -0.3 is 15.5 Å². The van der Waals surface area contributed by atoms with Gasteiger partial charge in [-0.2, -0.15) is 4.31 Å². The number of sulfonamides is 1. The standard InChI is InChI=1S/C16H24N4O4S/c1-13-3-5-14(6-4-13)25(23,24)20-9-7-19(8-10-20)12-16(22)18-11-15(21)17-2/h3-6H,7-12H2,1-2H3,(H,17,21)(H,18,22)/p+1. The predicted molar refractivity (Wildman–Crippen MR) is 92.6 cm³/mol. The molecule has 0 aliphatic carbocycles. The quantitative estimate of drug-likeness (QED) is 0.527. The lowest BCUT2D eigenvalue weighted by Gasteiger charge is -2.31. The van der Waals surface area contributed by atoms with Crippen molar-refractivity contribution in [3.63, 3.8) is 0 Å². The number of rotatable bonds is 6. The predicted octanol–water partition coefficient (Wildman–Crippen LogP) is -2.25. The van der Waals surface area contributed by atoms with Gasteiger partial charge in [0.05, 0.1) is 37.6 Å². The van der Waals surface area contributed by atoms with Crippen molar-refractivity contribution in [1.29, 1.82) is 0 Å². The fourth-order valence-electron chi connectivity index (χ4n) is 2.64. The molecule has 0 atom stereocenters. The summed E-state index contributed by atoms with van der Waals surface area (Å²) in [6.07, 6.45) is 0. The van der Waals surface area contributed by atoms with Gasteiger partial charge in [-0.25, -0.2) is 8.42 Å². The van der Waals surface area contributed by atoms with Gasteiger partial charge >= 0.3 is 0 Å². The third kappa shape index (κ3) is 5.25. The fourth-order valence-corrected chi connectivity index (χ4v) is 4.08. The Hall–Kier alpha value is -1.97. The second-order valence-corrected chi connectivity index (χ2v) is 8.03. The number of aryl methyl sites for hydroxylation is 1. The minimum atomic E-state index is -3.49. The molecule has 0 unspecified atom stereocenters. The van der Waals surface area contributed by atoms with Crippen molar-refractivity contribution in [1.82, 2.24) is 14.9 Å². The Balaban J connectivity index is 1.85. The van der Waals surface area contributed by atoms with Crippen molar-refractivity contribution in [2.24, 2.45) is 0 Å². The maximum Gasteiger partial charge on any atom is 0.275 e. The number of likely N-dealkylation sites (N-methyl/N-ethyl adjacent to an activating group) is 1. The third-order valence-electron chi connectivity index (χ3n) is 4.22. The van der Waals surface area contributed by atoms with E-state index in [1.54, 1.807) is 24.3 Å². The average Bonchev–Trinajstić information content (AvgIpc) is 2.60. The Labute approximate surface area is 148 Å². The number of hydrogen-bond acceptors (Lipinski definition) is 4. The topological polar surface area (TPSA) is 100 Å². The van der Waals surface area contributed by atoms with Crippen molar-refractivity contribution in [3.05, 3.63) is 29.8 Å². The fraction of sp³-hybridized carbons (Fsp3) is 0.500. The molecule has 1 aromatic rings. The Bertz CT molecular complexity index is 710. The Morgan fingerprint density at radius 3 is 2.28 bits per heavy atom. The van der Waals surface area contributed by atoms with E-state index < -0.39 is 10.0 Å². The Kier molecular flexibility index (Phi) is 6.51. The van der Waals surface area contributed by atoms with Gasteiger partial charge in [-0.15, -0.1) is 0 Å². The summed E-state index contributed by atoms with van der Waals surface area (Å²) in [6.45, 7) is 3.94. The van der Waals surface area contributed by atoms with Gasteiger partial charge in [0.15, 0.2) is 6.54 Å². The van der Waals surface area contributed by atoms with E-state index in [0.717, 1.165) is 10.5 Å². The largest absolute Gasteiger partial charge is 0.358 e. The van der Waals surface area contributed by atoms with Crippen LogP contribution in [0.15, 0.2) is 29.2 Å². The van der Waals surface area contributed by atoms with E-state index in [9.17, 15) is 18.0 Å². The third-order valence-corrected chi connectivity index (χ3v) is 6.14. The molecule has 0 radical (unpaired) electrons. The van der Waals surface area contributed by atoms with Gasteiger partial charge in [0.1, 0.15) is 0 Å². The van der Waals surface area contributed by atoms with Crippen LogP contribution in [0.4, 0.5) is 0 Å². The number of nitrogens with zero attached hydrogens (tertiary/aromatic N) is 1. The first kappa shape index (κ1) is 19.4. The number of amides is 2. The molecule has 138 valence electrons. The molecule has 0 saturated carbocycles. The highest BCUT2D eigenvalue weighted by Gasteiger charge is 2.31. The summed E-state index contributed by atoms with van der Waals surface area (Å²) in [4.78, 5) is 24.2. The minimum Gasteiger partial charge on any atom is -0.358 e. The average molecular weight is 369 g/mol. The maximum atomic E-state index is 12.6. The van der Waals surface area contributed by atoms with Crippen molar-refractivity contribution in [2.75, 3.05) is 46.3 Å². The summed E-state index contributed by atoms with van der Waals surface area (Å²) in [5.74, 6) is -0.467. The Morgan fingerprint density at radius 2 is 1.72 bits per heavy atom. The first-order valence-corrected chi connectivity index (χ1v) is 9.64. The van der Waals surface area contributed by atoms with Crippen LogP contribution in [-0.4, -0.2) is 70.9 Å². The maximum absolute atomic E-state index is 12.6. The lowest BCUT2D eigenvalue weighted by Crippen LogP contribution is -3.15. The molecular weight excluding hydrogens is 344 g/mol. The van der Waals surface area contributed by atoms with Gasteiger partial charge in [0, 0.05) is 7.05 Å². The summed E-state index contributed by atoms with van der Waals surface area (Å²) in [6, 6.07) is 6.81. The SMILES string of the molecule is CNC(=O)CNC(=O)C[NH+]1CCN(S(=O)(=O)c2ccc(C)cc2)CC1. The normalized spacial score (nSPS) is 16.4. The summed E-state index contributed by atoms with van der Waals surface area (Å²) in [5.41, 5.74) is 1.01. The van der Waals surface area contributed by atoms with Gasteiger partial charge in [0.2, 0.25) is 15.9 Å². The highest BCUT2D eigenvalue weighted by molar-refractivity contribution is 7.89. The van der Waals surface area contributed by atoms with Gasteiger partial charge in [-0.05, 0) is 19.1 Å². The molecule has 0 spiro atoms. The van der Waals surface area contributed by atoms with E-state index in [0.29, 0.717) is 31.1 Å². The zero-order chi connectivity index (χ0) is 18.4. The molecule has 8 nitrogen and oxygen atoms in total. The molecule has 2 rings (SSSR count). The molecule has 0 bridgehead atoms. The molecule has 3 N–H and O–H groups in total. The minimum absolute atomic E-state index is 0.0451. The first-order chi connectivity index (χ1) is 11.8. The number of hydrogen-bond donors (Lipinski definition) is 3. The van der Waals surface area contributed by atoms with Crippen LogP contribution < -0.4 is 15.5 Å². The zero-order valence-corrected chi connectivity index (χ0v) is 15.4. The summed E-state index contributed by atoms with van der Waals surface area (Å²) in [5, 5.41) is 4.98. The van der Waals surface area contributed by atoms with E-state index in [1.807, 2.05) is 6.92 Å². The van der Waals surface area contributed by atoms with Crippen LogP contribution >= 0.6 is 0 Å². The number of benzene rings is 1. The lowest BCUT2D eigenvalue weighted by atomic mass is 10.2. The van der Waals surface area contributed by atoms with E-state index in [4.69, 9.17) is 0 Å². The van der Waals surface area contributed by atoms with Crippen LogP contribution in [-0.2, 0) is 19.6 Å². The number of nitrogens with one attached hydrogen (secondary N) is 3. The summed E-state index contributed by atoms with van der Waals surface area (Å²) < 4.78 is 26.7. The van der Waals surface area contributed by atoms with Crippen molar-refractivity contribution < 1.29 is 22.9 Å². The molecule has 25 heavy (non-hydrogen) atoms. The van der Waals surface area contributed by atoms with E-state index >= 15 is 0 Å². The number of carbonyl (C=O) groups excluding carboxylic acids is 2. The molecule has 1 aliphatic heterocycles. The van der Waals surface area contributed by atoms with Gasteiger partial charge in [-0.3, -0.25) is 9.59 Å². The van der Waals surface area contributed by atoms with Crippen LogP contribution in [0, 0.1) is 6.92 Å². The van der Waals surface area contributed by atoms with Crippen LogP contribution in [0.1, 0.15) is 5.56 Å². The highest BCUT2D eigenvalue weighted by Crippen LogP contribution is 2.16. The molecule has 1 fully saturated rings. The van der Waals surface area contributed by atoms with Gasteiger partial charge in [-0.1, -0.05) is 17.7 Å². The smallest absolute Gasteiger partial charge is 0.275 e. The molecule has 1 aliphatic rings. The molecule has 0 aromatic heterocycles. The summed E-state index contributed by atoms with van der Waals surface area (Å²) >= 11 is 0. The van der Waals surface area contributed by atoms with Crippen LogP contribution in [0.2, 0.25) is 0 Å². The molecule has 1 aromatic carbocycles. The second-order valence-electron chi connectivity index (χ2n) is 6.09. The van der Waals surface area contributed by atoms with E-state index in [2.05, 4.69) is 10.6 Å². The van der Waals surface area contributed by atoms with E-state index in [-0.39, 0.29) is 24.9 Å². The molecule has 1 heterocycles. The van der Waals surface area contributed by atoms with Crippen molar-refractivity contribution >= 4 is 21.8 Å². The molecule has 9 heteroatoms. The van der Waals surface area contributed by atoms with Crippen LogP contribution in [0.5, 0.6) is 0 Å². The second kappa shape index (κ2) is 8.41. The number of piperazine rings is 1. The monoisotopic (exact) mass is 369 g/mol. The van der Waals surface area contributed by atoms with Crippen LogP contribution in [0.25, 0.3) is 0 Å². The zero-order valence-electron chi connectivity index (χ0n) is 14.5. The van der Waals surface area contributed by atoms with Gasteiger partial charge in [0.25, 0.3) is 5.91 Å². The first-order valence-electron chi connectivity index (χ1n) is 8.20. The number of quaternary nitrogens is 1.